The highest BCUT2D eigenvalue weighted by molar-refractivity contribution is 7.98. The van der Waals surface area contributed by atoms with Gasteiger partial charge in [-0.3, -0.25) is 14.8 Å². The van der Waals surface area contributed by atoms with Crippen LogP contribution in [-0.4, -0.2) is 65.1 Å². The maximum absolute atomic E-state index is 14.5. The second-order valence-electron chi connectivity index (χ2n) is 8.70. The Labute approximate surface area is 196 Å². The number of carbonyl (C=O) groups excluding carboxylic acids is 1. The van der Waals surface area contributed by atoms with Crippen LogP contribution in [0.1, 0.15) is 24.1 Å². The fraction of sp³-hybridized carbons (Fsp3) is 0.360. The quantitative estimate of drug-likeness (QED) is 0.497. The highest BCUT2D eigenvalue weighted by Gasteiger charge is 2.29. The van der Waals surface area contributed by atoms with Gasteiger partial charge in [0.25, 0.3) is 0 Å². The molecule has 1 fully saturated rings. The molecule has 0 saturated carbocycles. The average molecular weight is 473 g/mol. The van der Waals surface area contributed by atoms with Gasteiger partial charge in [0.2, 0.25) is 5.91 Å². The Morgan fingerprint density at radius 3 is 2.52 bits per heavy atom. The first-order valence-corrected chi connectivity index (χ1v) is 12.7. The first-order chi connectivity index (χ1) is 15.5. The molecule has 1 unspecified atom stereocenters. The summed E-state index contributed by atoms with van der Waals surface area (Å²) in [6, 6.07) is 12.4. The number of rotatable bonds is 7. The van der Waals surface area contributed by atoms with Gasteiger partial charge < -0.3 is 9.80 Å². The number of piperazine rings is 1. The van der Waals surface area contributed by atoms with E-state index in [-0.39, 0.29) is 23.8 Å². The molecule has 0 aromatic heterocycles. The van der Waals surface area contributed by atoms with Crippen molar-refractivity contribution in [1.82, 2.24) is 9.80 Å². The summed E-state index contributed by atoms with van der Waals surface area (Å²) < 4.78 is 26.5. The molecule has 3 atom stereocenters. The molecule has 1 saturated heterocycles. The zero-order valence-electron chi connectivity index (χ0n) is 19.5. The lowest BCUT2D eigenvalue weighted by atomic mass is 10.0. The van der Waals surface area contributed by atoms with Crippen molar-refractivity contribution < 1.29 is 13.4 Å². The second kappa shape index (κ2) is 10.1. The Morgan fingerprint density at radius 1 is 1.30 bits per heavy atom. The van der Waals surface area contributed by atoms with Gasteiger partial charge in [-0.05, 0) is 67.3 Å². The molecule has 2 N–H and O–H groups in total. The van der Waals surface area contributed by atoms with Crippen molar-refractivity contribution in [2.24, 2.45) is 5.14 Å². The minimum atomic E-state index is -2.79. The van der Waals surface area contributed by atoms with Crippen molar-refractivity contribution in [3.63, 3.8) is 0 Å². The van der Waals surface area contributed by atoms with Crippen LogP contribution in [-0.2, 0) is 14.5 Å². The van der Waals surface area contributed by atoms with Crippen molar-refractivity contribution in [3.8, 4) is 0 Å². The van der Waals surface area contributed by atoms with Gasteiger partial charge in [0, 0.05) is 49.9 Å². The molecule has 3 rings (SSSR count). The number of hydrogen-bond acceptors (Lipinski definition) is 4. The smallest absolute Gasteiger partial charge is 0.246 e. The fourth-order valence-corrected chi connectivity index (χ4v) is 4.84. The number of nitrogens with zero attached hydrogens (tertiary/aromatic N) is 3. The number of likely N-dealkylation sites (N-methyl/N-ethyl adjacent to an activating group) is 1. The normalized spacial score (nSPS) is 19.5. The Balaban J connectivity index is 1.88. The van der Waals surface area contributed by atoms with Crippen molar-refractivity contribution >= 4 is 27.2 Å². The molecule has 2 aromatic rings. The third kappa shape index (κ3) is 5.82. The molecule has 0 bridgehead atoms. The molecule has 8 heteroatoms. The van der Waals surface area contributed by atoms with Crippen molar-refractivity contribution in [2.45, 2.75) is 30.8 Å². The summed E-state index contributed by atoms with van der Waals surface area (Å²) in [4.78, 5) is 18.8. The lowest BCUT2D eigenvalue weighted by Gasteiger charge is -2.42. The van der Waals surface area contributed by atoms with Gasteiger partial charge >= 0.3 is 0 Å². The number of aryl methyl sites for hydroxylation is 1. The van der Waals surface area contributed by atoms with Crippen LogP contribution in [0.15, 0.2) is 60.0 Å². The molecular weight excluding hydrogens is 439 g/mol. The molecule has 1 heterocycles. The van der Waals surface area contributed by atoms with Crippen LogP contribution in [0.5, 0.6) is 0 Å². The SMILES string of the molecule is C=CC(=O)N1CCN(C[C@H](c2ccc(C)c(F)c2)N(C)c2ccc(S(=C)(N)=O)cc2)C[C@H]1C. The fourth-order valence-electron chi connectivity index (χ4n) is 4.25. The summed E-state index contributed by atoms with van der Waals surface area (Å²) in [7, 11) is -0.826. The first-order valence-electron chi connectivity index (χ1n) is 10.9. The lowest BCUT2D eigenvalue weighted by molar-refractivity contribution is -0.130. The monoisotopic (exact) mass is 472 g/mol. The Kier molecular flexibility index (Phi) is 7.62. The second-order valence-corrected chi connectivity index (χ2v) is 10.6. The Bertz CT molecular complexity index is 1120. The summed E-state index contributed by atoms with van der Waals surface area (Å²) in [6.45, 7) is 10.1. The van der Waals surface area contributed by atoms with Gasteiger partial charge in [0.05, 0.1) is 15.7 Å². The standard InChI is InChI=1S/C25H33FN4O2S/c1-6-25(31)30-14-13-29(16-19(30)3)17-24(20-8-7-18(2)23(26)15-20)28(4)21-9-11-22(12-10-21)33(5,27)32/h6-12,15,19,24H,1,5,13-14,16-17H2,2-4H3,(H2,27,32)/t19-,24-,33?/m1/s1. The summed E-state index contributed by atoms with van der Waals surface area (Å²) in [5, 5.41) is 5.66. The van der Waals surface area contributed by atoms with Crippen LogP contribution in [0.25, 0.3) is 0 Å². The van der Waals surface area contributed by atoms with E-state index >= 15 is 0 Å². The van der Waals surface area contributed by atoms with E-state index < -0.39 is 9.71 Å². The minimum absolute atomic E-state index is 0.0546. The summed E-state index contributed by atoms with van der Waals surface area (Å²) >= 11 is 0. The van der Waals surface area contributed by atoms with Crippen LogP contribution in [0, 0.1) is 12.7 Å². The van der Waals surface area contributed by atoms with Gasteiger partial charge in [-0.1, -0.05) is 18.7 Å². The van der Waals surface area contributed by atoms with Gasteiger partial charge in [0.15, 0.2) is 0 Å². The van der Waals surface area contributed by atoms with Crippen LogP contribution < -0.4 is 10.0 Å². The molecule has 0 radical (unpaired) electrons. The van der Waals surface area contributed by atoms with Gasteiger partial charge in [-0.25, -0.2) is 8.60 Å². The number of benzene rings is 2. The van der Waals surface area contributed by atoms with Crippen LogP contribution >= 0.6 is 0 Å². The topological polar surface area (TPSA) is 69.9 Å². The van der Waals surface area contributed by atoms with Gasteiger partial charge in [-0.2, -0.15) is 0 Å². The molecule has 178 valence electrons. The number of carbonyl (C=O) groups is 1. The largest absolute Gasteiger partial charge is 0.366 e. The molecule has 33 heavy (non-hydrogen) atoms. The van der Waals surface area contributed by atoms with E-state index in [4.69, 9.17) is 5.14 Å². The number of halogens is 1. The number of nitrogens with two attached hydrogens (primary N) is 1. The zero-order valence-corrected chi connectivity index (χ0v) is 20.4. The summed E-state index contributed by atoms with van der Waals surface area (Å²) in [5.41, 5.74) is 2.35. The maximum Gasteiger partial charge on any atom is 0.246 e. The molecule has 6 nitrogen and oxygen atoms in total. The van der Waals surface area contributed by atoms with E-state index in [1.807, 2.05) is 37.1 Å². The van der Waals surface area contributed by atoms with Crippen LogP contribution in [0.3, 0.4) is 0 Å². The molecule has 1 aliphatic heterocycles. The molecule has 2 aromatic carbocycles. The summed E-state index contributed by atoms with van der Waals surface area (Å²) in [6.07, 6.45) is 1.35. The van der Waals surface area contributed by atoms with E-state index in [1.54, 1.807) is 31.2 Å². The zero-order chi connectivity index (χ0) is 24.3. The third-order valence-electron chi connectivity index (χ3n) is 6.29. The molecule has 1 aliphatic rings. The average Bonchev–Trinajstić information content (AvgIpc) is 2.78. The van der Waals surface area contributed by atoms with Crippen LogP contribution in [0.2, 0.25) is 0 Å². The molecule has 0 spiro atoms. The lowest BCUT2D eigenvalue weighted by Crippen LogP contribution is -2.55. The number of amides is 1. The third-order valence-corrected chi connectivity index (χ3v) is 7.36. The predicted molar refractivity (Wildman–Crippen MR) is 134 cm³/mol. The molecule has 1 amide bonds. The Morgan fingerprint density at radius 2 is 1.97 bits per heavy atom. The number of hydrogen-bond donors (Lipinski definition) is 1. The highest BCUT2D eigenvalue weighted by Crippen LogP contribution is 2.29. The first kappa shape index (κ1) is 25.0. The molecule has 0 aliphatic carbocycles. The van der Waals surface area contributed by atoms with Crippen LogP contribution in [0.4, 0.5) is 10.1 Å². The van der Waals surface area contributed by atoms with Crippen molar-refractivity contribution in [2.75, 3.05) is 38.1 Å². The van der Waals surface area contributed by atoms with E-state index in [1.165, 1.54) is 6.08 Å². The molecular formula is C25H33FN4O2S. The van der Waals surface area contributed by atoms with E-state index in [9.17, 15) is 13.4 Å². The predicted octanol–water partition coefficient (Wildman–Crippen LogP) is 2.98. The number of anilines is 1. The maximum atomic E-state index is 14.5. The van der Waals surface area contributed by atoms with Crippen molar-refractivity contribution in [3.05, 3.63) is 72.1 Å². The van der Waals surface area contributed by atoms with Gasteiger partial charge in [0.1, 0.15) is 5.82 Å². The van der Waals surface area contributed by atoms with Crippen molar-refractivity contribution in [1.29, 1.82) is 0 Å². The van der Waals surface area contributed by atoms with E-state index in [0.717, 1.165) is 17.8 Å². The van der Waals surface area contributed by atoms with E-state index in [2.05, 4.69) is 22.2 Å². The Hall–Kier alpha value is -2.68. The van der Waals surface area contributed by atoms with Gasteiger partial charge in [-0.15, -0.1) is 0 Å². The van der Waals surface area contributed by atoms with E-state index in [0.29, 0.717) is 30.1 Å². The minimum Gasteiger partial charge on any atom is -0.366 e. The highest BCUT2D eigenvalue weighted by atomic mass is 32.2. The summed E-state index contributed by atoms with van der Waals surface area (Å²) in [5.74, 6) is 3.24.